The first-order chi connectivity index (χ1) is 23.7. The summed E-state index contributed by atoms with van der Waals surface area (Å²) in [6.07, 6.45) is 6.90. The summed E-state index contributed by atoms with van der Waals surface area (Å²) in [6, 6.07) is 0. The van der Waals surface area contributed by atoms with E-state index < -0.39 is 0 Å². The van der Waals surface area contributed by atoms with Gasteiger partial charge in [-0.3, -0.25) is 24.4 Å². The van der Waals surface area contributed by atoms with Crippen molar-refractivity contribution in [2.75, 3.05) is 84.2 Å². The molecule has 1 aromatic heterocycles. The molecular formula is C30H52BrClN8O4S7. The van der Waals surface area contributed by atoms with Crippen LogP contribution >= 0.6 is 111 Å². The van der Waals surface area contributed by atoms with Crippen molar-refractivity contribution in [3.8, 4) is 0 Å². The Morgan fingerprint density at radius 2 is 1.61 bits per heavy atom. The SMILES string of the molecule is CC(C)O/C=C(\Br)C=O.CSC1=NCCSC1.Cl.N.NC1=NCCSC1.O=C1CSCCN1.O=Cc1cn2c(n1)CSCC2.S=C1CSCCN1. The van der Waals surface area contributed by atoms with Gasteiger partial charge in [0.15, 0.2) is 12.6 Å². The number of ether oxygens (including phenoxy) is 1. The first-order valence-electron chi connectivity index (χ1n) is 15.4. The molecular weight excluding hydrogens is 876 g/mol. The molecule has 5 aliphatic rings. The second-order valence-electron chi connectivity index (χ2n) is 10.0. The lowest BCUT2D eigenvalue weighted by atomic mass is 10.5. The maximum atomic E-state index is 10.3. The van der Waals surface area contributed by atoms with Gasteiger partial charge in [0.05, 0.1) is 44.4 Å². The summed E-state index contributed by atoms with van der Waals surface area (Å²) in [6.45, 7) is 8.62. The Labute approximate surface area is 348 Å². The molecule has 0 radical (unpaired) electrons. The van der Waals surface area contributed by atoms with Gasteiger partial charge in [0.25, 0.3) is 0 Å². The molecule has 1 aromatic rings. The summed E-state index contributed by atoms with van der Waals surface area (Å²) in [7, 11) is 0. The second kappa shape index (κ2) is 35.1. The average molecular weight is 929 g/mol. The third-order valence-corrected chi connectivity index (χ3v) is 12.2. The minimum Gasteiger partial charge on any atom is -0.497 e. The largest absolute Gasteiger partial charge is 0.497 e. The smallest absolute Gasteiger partial charge is 0.230 e. The number of carbonyl (C=O) groups is 3. The first-order valence-corrected chi connectivity index (χ1v) is 23.6. The molecule has 2 fully saturated rings. The third kappa shape index (κ3) is 29.5. The minimum atomic E-state index is 0. The molecule has 292 valence electrons. The van der Waals surface area contributed by atoms with Crippen LogP contribution in [0.2, 0.25) is 0 Å². The van der Waals surface area contributed by atoms with E-state index in [4.69, 9.17) is 22.7 Å². The molecule has 6 rings (SSSR count). The number of allylic oxidation sites excluding steroid dienone is 1. The van der Waals surface area contributed by atoms with Crippen molar-refractivity contribution in [1.82, 2.24) is 26.3 Å². The molecule has 0 aliphatic carbocycles. The summed E-state index contributed by atoms with van der Waals surface area (Å²) in [5.41, 5.74) is 5.92. The summed E-state index contributed by atoms with van der Waals surface area (Å²) < 4.78 is 7.44. The van der Waals surface area contributed by atoms with Gasteiger partial charge in [-0.1, -0.05) is 12.2 Å². The van der Waals surface area contributed by atoms with Crippen molar-refractivity contribution in [2.24, 2.45) is 15.7 Å². The average Bonchev–Trinajstić information content (AvgIpc) is 3.57. The maximum absolute atomic E-state index is 10.3. The number of thioether (sulfide) groups is 6. The van der Waals surface area contributed by atoms with E-state index in [-0.39, 0.29) is 30.6 Å². The Hall–Kier alpha value is -0.580. The maximum Gasteiger partial charge on any atom is 0.230 e. The normalized spacial score (nSPS) is 17.5. The number of aldehydes is 2. The van der Waals surface area contributed by atoms with Crippen molar-refractivity contribution in [3.63, 3.8) is 0 Å². The molecule has 21 heteroatoms. The van der Waals surface area contributed by atoms with Crippen LogP contribution in [0.15, 0.2) is 26.9 Å². The van der Waals surface area contributed by atoms with E-state index >= 15 is 0 Å². The van der Waals surface area contributed by atoms with E-state index in [0.29, 0.717) is 22.2 Å². The number of fused-ring (bicyclic) bond motifs is 1. The number of amidine groups is 1. The molecule has 7 N–H and O–H groups in total. The number of imidazole rings is 1. The van der Waals surface area contributed by atoms with Gasteiger partial charge < -0.3 is 31.8 Å². The van der Waals surface area contributed by atoms with Gasteiger partial charge in [0.1, 0.15) is 23.6 Å². The van der Waals surface area contributed by atoms with Gasteiger partial charge in [-0.15, -0.1) is 24.2 Å². The number of halogens is 2. The van der Waals surface area contributed by atoms with E-state index in [1.165, 1.54) is 22.8 Å². The van der Waals surface area contributed by atoms with E-state index in [1.807, 2.05) is 67.1 Å². The van der Waals surface area contributed by atoms with Crippen LogP contribution in [0.3, 0.4) is 0 Å². The number of aryl methyl sites for hydroxylation is 1. The molecule has 5 aliphatic heterocycles. The van der Waals surface area contributed by atoms with Gasteiger partial charge >= 0.3 is 0 Å². The summed E-state index contributed by atoms with van der Waals surface area (Å²) in [5, 5.41) is 7.12. The Morgan fingerprint density at radius 3 is 1.96 bits per heavy atom. The highest BCUT2D eigenvalue weighted by Crippen LogP contribution is 2.18. The van der Waals surface area contributed by atoms with Crippen LogP contribution in [0.25, 0.3) is 0 Å². The molecule has 0 spiro atoms. The van der Waals surface area contributed by atoms with E-state index in [2.05, 4.69) is 52.4 Å². The fourth-order valence-electron chi connectivity index (χ4n) is 3.39. The predicted octanol–water partition coefficient (Wildman–Crippen LogP) is 5.46. The summed E-state index contributed by atoms with van der Waals surface area (Å²) in [4.78, 5) is 44.1. The highest BCUT2D eigenvalue weighted by atomic mass is 79.9. The molecule has 0 saturated carbocycles. The molecule has 51 heavy (non-hydrogen) atoms. The van der Waals surface area contributed by atoms with Crippen LogP contribution in [0.4, 0.5) is 0 Å². The van der Waals surface area contributed by atoms with E-state index in [9.17, 15) is 14.4 Å². The van der Waals surface area contributed by atoms with Crippen LogP contribution in [-0.2, 0) is 26.6 Å². The van der Waals surface area contributed by atoms with Gasteiger partial charge in [0.2, 0.25) is 5.91 Å². The molecule has 0 bridgehead atoms. The molecule has 0 aromatic carbocycles. The van der Waals surface area contributed by atoms with Crippen LogP contribution in [-0.4, -0.2) is 134 Å². The van der Waals surface area contributed by atoms with Crippen molar-refractivity contribution in [3.05, 3.63) is 28.5 Å². The lowest BCUT2D eigenvalue weighted by molar-refractivity contribution is -0.118. The Balaban J connectivity index is 0. The number of thiocarbonyl (C=S) groups is 1. The van der Waals surface area contributed by atoms with Gasteiger partial charge in [-0.2, -0.15) is 58.8 Å². The third-order valence-electron chi connectivity index (χ3n) is 5.66. The lowest BCUT2D eigenvalue weighted by Crippen LogP contribution is -2.31. The summed E-state index contributed by atoms with van der Waals surface area (Å²) >= 11 is 18.9. The number of hydrogen-bond donors (Lipinski definition) is 4. The van der Waals surface area contributed by atoms with Crippen LogP contribution in [0.1, 0.15) is 30.2 Å². The van der Waals surface area contributed by atoms with Crippen molar-refractivity contribution in [2.45, 2.75) is 32.2 Å². The standard InChI is InChI=1S/C7H8N2OS.C6H9BrO2.C5H9NS2.C4H8N2S.C4H7NOS.C4H7NS2.ClH.H3N/c10-4-6-3-9-1-2-11-5-7(9)8-6;1-5(2)9-4-6(7)3-8;1-7-5-4-8-3-2-6-5;5-4-3-7-2-1-6-4;2*6-4-3-7-2-1-5-4;;/h3-4H,1-2,5H2;3-5H,1-2H3;2-4H2,1H3;1-3H2,(H2,5,6);2*1-3H2,(H,5,6);1H;1H3/b;6-4-;;;;;;. The number of nitrogens with one attached hydrogen (secondary N) is 2. The van der Waals surface area contributed by atoms with Crippen molar-refractivity contribution in [1.29, 1.82) is 0 Å². The van der Waals surface area contributed by atoms with Crippen molar-refractivity contribution < 1.29 is 19.1 Å². The Morgan fingerprint density at radius 1 is 0.980 bits per heavy atom. The predicted molar refractivity (Wildman–Crippen MR) is 241 cm³/mol. The number of rotatable bonds is 4. The Kier molecular flexibility index (Phi) is 36.2. The zero-order valence-corrected chi connectivity index (χ0v) is 37.5. The van der Waals surface area contributed by atoms with Gasteiger partial charge in [0, 0.05) is 72.6 Å². The highest BCUT2D eigenvalue weighted by molar-refractivity contribution is 9.12. The number of nitrogens with zero attached hydrogens (tertiary/aromatic N) is 4. The van der Waals surface area contributed by atoms with Crippen LogP contribution < -0.4 is 22.5 Å². The number of aromatic nitrogens is 2. The molecule has 1 amide bonds. The number of hydrogen-bond acceptors (Lipinski definition) is 16. The second-order valence-corrected chi connectivity index (χ2v) is 17.8. The summed E-state index contributed by atoms with van der Waals surface area (Å²) in [5.74, 6) is 12.5. The Bertz CT molecular complexity index is 1170. The molecule has 2 saturated heterocycles. The minimum absolute atomic E-state index is 0. The topological polar surface area (TPSA) is 188 Å². The van der Waals surface area contributed by atoms with Gasteiger partial charge in [-0.05, 0) is 36.0 Å². The first kappa shape index (κ1) is 52.5. The molecule has 6 heterocycles. The monoisotopic (exact) mass is 926 g/mol. The number of aliphatic imine (C=N–C) groups is 2. The van der Waals surface area contributed by atoms with Crippen LogP contribution in [0, 0.1) is 0 Å². The van der Waals surface area contributed by atoms with Crippen LogP contribution in [0.5, 0.6) is 0 Å². The molecule has 0 unspecified atom stereocenters. The fraction of sp³-hybridized carbons (Fsp3) is 0.633. The quantitative estimate of drug-likeness (QED) is 0.129. The highest BCUT2D eigenvalue weighted by Gasteiger charge is 2.11. The fourth-order valence-corrected chi connectivity index (χ4v) is 8.33. The number of amides is 1. The molecule has 12 nitrogen and oxygen atoms in total. The van der Waals surface area contributed by atoms with Gasteiger partial charge in [-0.25, -0.2) is 4.98 Å². The number of carbonyl (C=O) groups excluding carboxylic acids is 3. The zero-order valence-electron chi connectivity index (χ0n) is 29.3. The van der Waals surface area contributed by atoms with Crippen molar-refractivity contribution >= 4 is 145 Å². The van der Waals surface area contributed by atoms with E-state index in [0.717, 1.165) is 95.9 Å². The lowest BCUT2D eigenvalue weighted by Gasteiger charge is -2.11. The van der Waals surface area contributed by atoms with E-state index in [1.54, 1.807) is 23.5 Å². The molecule has 0 atom stereocenters. The number of nitrogens with two attached hydrogens (primary N) is 1. The zero-order chi connectivity index (χ0) is 36.1.